The zero-order valence-electron chi connectivity index (χ0n) is 12.9. The van der Waals surface area contributed by atoms with Crippen molar-refractivity contribution < 1.29 is 19.7 Å². The van der Waals surface area contributed by atoms with Crippen LogP contribution in [0.25, 0.3) is 11.1 Å². The van der Waals surface area contributed by atoms with Crippen molar-refractivity contribution in [2.45, 2.75) is 26.1 Å². The Bertz CT molecular complexity index is 509. The fourth-order valence-corrected chi connectivity index (χ4v) is 1.99. The molecule has 2 aromatic rings. The molecule has 0 saturated carbocycles. The van der Waals surface area contributed by atoms with Gasteiger partial charge in [0.05, 0.1) is 13.2 Å². The minimum absolute atomic E-state index is 0.00449. The van der Waals surface area contributed by atoms with Gasteiger partial charge in [0.1, 0.15) is 23.7 Å². The van der Waals surface area contributed by atoms with Crippen LogP contribution in [0.3, 0.4) is 0 Å². The number of hydrogen-bond donors (Lipinski definition) is 2. The Morgan fingerprint density at radius 2 is 1.00 bits per heavy atom. The molecule has 0 aliphatic heterocycles. The number of aliphatic hydroxyl groups is 2. The molecule has 118 valence electrons. The largest absolute Gasteiger partial charge is 0.488 e. The molecule has 4 nitrogen and oxygen atoms in total. The maximum absolute atomic E-state index is 8.98. The second-order valence-electron chi connectivity index (χ2n) is 5.27. The highest BCUT2D eigenvalue weighted by atomic mass is 16.5. The van der Waals surface area contributed by atoms with E-state index in [-0.39, 0.29) is 25.4 Å². The van der Waals surface area contributed by atoms with Crippen LogP contribution in [0.1, 0.15) is 13.8 Å². The lowest BCUT2D eigenvalue weighted by Crippen LogP contribution is -2.16. The maximum Gasteiger partial charge on any atom is 0.119 e. The van der Waals surface area contributed by atoms with E-state index in [2.05, 4.69) is 0 Å². The lowest BCUT2D eigenvalue weighted by molar-refractivity contribution is 0.129. The van der Waals surface area contributed by atoms with Crippen molar-refractivity contribution in [2.75, 3.05) is 13.2 Å². The van der Waals surface area contributed by atoms with Crippen LogP contribution in [0.15, 0.2) is 48.5 Å². The van der Waals surface area contributed by atoms with Crippen LogP contribution in [0, 0.1) is 0 Å². The molecule has 0 radical (unpaired) electrons. The van der Waals surface area contributed by atoms with E-state index >= 15 is 0 Å². The van der Waals surface area contributed by atoms with Gasteiger partial charge in [0, 0.05) is 0 Å². The van der Waals surface area contributed by atoms with E-state index in [1.807, 2.05) is 62.4 Å². The highest BCUT2D eigenvalue weighted by molar-refractivity contribution is 5.64. The quantitative estimate of drug-likeness (QED) is 0.825. The molecule has 4 heteroatoms. The molecule has 0 aliphatic carbocycles. The highest BCUT2D eigenvalue weighted by Crippen LogP contribution is 2.25. The van der Waals surface area contributed by atoms with Gasteiger partial charge < -0.3 is 19.7 Å². The van der Waals surface area contributed by atoms with Crippen LogP contribution >= 0.6 is 0 Å². The van der Waals surface area contributed by atoms with Gasteiger partial charge in [-0.3, -0.25) is 0 Å². The van der Waals surface area contributed by atoms with Crippen LogP contribution in [0.5, 0.6) is 11.5 Å². The molecule has 2 rings (SSSR count). The van der Waals surface area contributed by atoms with E-state index in [1.54, 1.807) is 0 Å². The molecule has 2 N–H and O–H groups in total. The van der Waals surface area contributed by atoms with Gasteiger partial charge in [-0.1, -0.05) is 24.3 Å². The molecule has 2 unspecified atom stereocenters. The average Bonchev–Trinajstić information content (AvgIpc) is 2.56. The molecule has 2 aromatic carbocycles. The summed E-state index contributed by atoms with van der Waals surface area (Å²) in [7, 11) is 0. The van der Waals surface area contributed by atoms with Gasteiger partial charge in [-0.15, -0.1) is 0 Å². The fourth-order valence-electron chi connectivity index (χ4n) is 1.99. The Morgan fingerprint density at radius 1 is 0.682 bits per heavy atom. The minimum atomic E-state index is -0.212. The smallest absolute Gasteiger partial charge is 0.119 e. The first-order valence-electron chi connectivity index (χ1n) is 7.38. The Kier molecular flexibility index (Phi) is 5.81. The maximum atomic E-state index is 8.98. The first kappa shape index (κ1) is 16.3. The van der Waals surface area contributed by atoms with E-state index in [4.69, 9.17) is 19.7 Å². The molecule has 0 bridgehead atoms. The van der Waals surface area contributed by atoms with E-state index in [9.17, 15) is 0 Å². The molecule has 0 aliphatic rings. The summed E-state index contributed by atoms with van der Waals surface area (Å²) in [6.07, 6.45) is -0.424. The topological polar surface area (TPSA) is 58.9 Å². The zero-order valence-corrected chi connectivity index (χ0v) is 12.9. The molecule has 0 aromatic heterocycles. The van der Waals surface area contributed by atoms with Gasteiger partial charge in [-0.2, -0.15) is 0 Å². The lowest BCUT2D eigenvalue weighted by Gasteiger charge is -2.13. The van der Waals surface area contributed by atoms with Gasteiger partial charge in [0.25, 0.3) is 0 Å². The number of ether oxygens (including phenoxy) is 2. The summed E-state index contributed by atoms with van der Waals surface area (Å²) in [5, 5.41) is 18.0. The molecule has 0 fully saturated rings. The summed E-state index contributed by atoms with van der Waals surface area (Å²) in [5.41, 5.74) is 2.15. The third kappa shape index (κ3) is 4.48. The molecule has 2 atom stereocenters. The number of hydrogen-bond acceptors (Lipinski definition) is 4. The monoisotopic (exact) mass is 302 g/mol. The third-order valence-corrected chi connectivity index (χ3v) is 3.23. The summed E-state index contributed by atoms with van der Waals surface area (Å²) < 4.78 is 11.1. The number of aliphatic hydroxyl groups excluding tert-OH is 2. The van der Waals surface area contributed by atoms with Crippen molar-refractivity contribution in [1.29, 1.82) is 0 Å². The molecule has 0 saturated heterocycles. The van der Waals surface area contributed by atoms with Crippen LogP contribution in [0.2, 0.25) is 0 Å². The van der Waals surface area contributed by atoms with Gasteiger partial charge in [0.2, 0.25) is 0 Å². The Labute approximate surface area is 130 Å². The summed E-state index contributed by atoms with van der Waals surface area (Å²) in [6, 6.07) is 15.5. The van der Waals surface area contributed by atoms with Crippen molar-refractivity contribution in [2.24, 2.45) is 0 Å². The average molecular weight is 302 g/mol. The molecule has 0 spiro atoms. The Hall–Kier alpha value is -2.04. The first-order chi connectivity index (χ1) is 10.6. The van der Waals surface area contributed by atoms with E-state index in [0.29, 0.717) is 0 Å². The molecule has 0 amide bonds. The van der Waals surface area contributed by atoms with E-state index in [1.165, 1.54) is 0 Å². The van der Waals surface area contributed by atoms with Crippen molar-refractivity contribution in [3.05, 3.63) is 48.5 Å². The minimum Gasteiger partial charge on any atom is -0.488 e. The van der Waals surface area contributed by atoms with Crippen molar-refractivity contribution in [3.8, 4) is 22.6 Å². The number of rotatable bonds is 7. The van der Waals surface area contributed by atoms with Gasteiger partial charge in [-0.05, 0) is 49.2 Å². The summed E-state index contributed by atoms with van der Waals surface area (Å²) in [6.45, 7) is 3.63. The summed E-state index contributed by atoms with van der Waals surface area (Å²) in [4.78, 5) is 0. The van der Waals surface area contributed by atoms with E-state index < -0.39 is 0 Å². The molecular weight excluding hydrogens is 280 g/mol. The lowest BCUT2D eigenvalue weighted by atomic mass is 10.1. The van der Waals surface area contributed by atoms with Crippen molar-refractivity contribution in [1.82, 2.24) is 0 Å². The first-order valence-corrected chi connectivity index (χ1v) is 7.38. The van der Waals surface area contributed by atoms with Crippen LogP contribution in [0.4, 0.5) is 0 Å². The molecule has 22 heavy (non-hydrogen) atoms. The fraction of sp³-hybridized carbons (Fsp3) is 0.333. The number of benzene rings is 2. The van der Waals surface area contributed by atoms with Gasteiger partial charge in [-0.25, -0.2) is 0 Å². The Morgan fingerprint density at radius 3 is 1.27 bits per heavy atom. The highest BCUT2D eigenvalue weighted by Gasteiger charge is 2.05. The molecule has 0 heterocycles. The zero-order chi connectivity index (χ0) is 15.9. The van der Waals surface area contributed by atoms with Gasteiger partial charge >= 0.3 is 0 Å². The predicted molar refractivity (Wildman–Crippen MR) is 86.2 cm³/mol. The van der Waals surface area contributed by atoms with Gasteiger partial charge in [0.15, 0.2) is 0 Å². The summed E-state index contributed by atoms with van der Waals surface area (Å²) >= 11 is 0. The Balaban J connectivity index is 2.05. The predicted octanol–water partition coefficient (Wildman–Crippen LogP) is 2.87. The molecular formula is C18H22O4. The van der Waals surface area contributed by atoms with Crippen molar-refractivity contribution in [3.63, 3.8) is 0 Å². The summed E-state index contributed by atoms with van der Waals surface area (Å²) in [5.74, 6) is 1.48. The van der Waals surface area contributed by atoms with Crippen LogP contribution in [-0.2, 0) is 0 Å². The SMILES string of the molecule is CC(CO)Oc1ccc(-c2ccc(OC(C)CO)cc2)cc1. The van der Waals surface area contributed by atoms with Crippen molar-refractivity contribution >= 4 is 0 Å². The van der Waals surface area contributed by atoms with Crippen LogP contribution < -0.4 is 9.47 Å². The third-order valence-electron chi connectivity index (χ3n) is 3.23. The van der Waals surface area contributed by atoms with Crippen LogP contribution in [-0.4, -0.2) is 35.6 Å². The second kappa shape index (κ2) is 7.82. The van der Waals surface area contributed by atoms with E-state index in [0.717, 1.165) is 22.6 Å². The standard InChI is InChI=1S/C18H22O4/c1-13(11-19)21-17-7-3-15(4-8-17)16-5-9-18(10-6-16)22-14(2)12-20/h3-10,13-14,19-20H,11-12H2,1-2H3. The second-order valence-corrected chi connectivity index (χ2v) is 5.27. The normalized spacial score (nSPS) is 13.5.